The van der Waals surface area contributed by atoms with Gasteiger partial charge < -0.3 is 29.3 Å². The molecule has 1 aliphatic carbocycles. The Morgan fingerprint density at radius 2 is 1.62 bits per heavy atom. The van der Waals surface area contributed by atoms with E-state index in [-0.39, 0.29) is 29.9 Å². The highest BCUT2D eigenvalue weighted by atomic mass is 16.5. The van der Waals surface area contributed by atoms with Crippen molar-refractivity contribution in [2.24, 2.45) is 0 Å². The molecular weight excluding hydrogens is 590 g/mol. The number of methoxy groups -OCH3 is 2. The van der Waals surface area contributed by atoms with E-state index in [0.29, 0.717) is 44.2 Å². The zero-order chi connectivity index (χ0) is 33.2. The van der Waals surface area contributed by atoms with Crippen LogP contribution in [0.25, 0.3) is 5.57 Å². The van der Waals surface area contributed by atoms with Crippen LogP contribution >= 0.6 is 0 Å². The molecule has 6 rings (SSSR count). The second-order valence-electron chi connectivity index (χ2n) is 13.3. The van der Waals surface area contributed by atoms with E-state index >= 15 is 0 Å². The molecule has 1 saturated carbocycles. The lowest BCUT2D eigenvalue weighted by Crippen LogP contribution is -2.61. The number of amides is 2. The van der Waals surface area contributed by atoms with Crippen LogP contribution in [0.1, 0.15) is 59.6 Å². The first-order chi connectivity index (χ1) is 22.6. The molecule has 0 aromatic heterocycles. The first kappa shape index (κ1) is 32.6. The highest BCUT2D eigenvalue weighted by molar-refractivity contribution is 6.03. The summed E-state index contributed by atoms with van der Waals surface area (Å²) >= 11 is 0. The maximum Gasteiger partial charge on any atom is 0.252 e. The van der Waals surface area contributed by atoms with Gasteiger partial charge in [0.05, 0.1) is 26.9 Å². The lowest BCUT2D eigenvalue weighted by atomic mass is 9.82. The summed E-state index contributed by atoms with van der Waals surface area (Å²) in [6, 6.07) is 18.7. The molecule has 2 fully saturated rings. The first-order valence-corrected chi connectivity index (χ1v) is 16.7. The van der Waals surface area contributed by atoms with Gasteiger partial charge in [0.25, 0.3) is 5.91 Å². The summed E-state index contributed by atoms with van der Waals surface area (Å²) in [5, 5.41) is 3.69. The van der Waals surface area contributed by atoms with Crippen molar-refractivity contribution in [3.8, 4) is 17.2 Å². The van der Waals surface area contributed by atoms with Crippen LogP contribution < -0.4 is 19.5 Å². The molecule has 2 bridgehead atoms. The minimum Gasteiger partial charge on any atom is -0.497 e. The molecule has 2 atom stereocenters. The number of piperazine rings is 1. The van der Waals surface area contributed by atoms with Crippen molar-refractivity contribution in [1.29, 1.82) is 0 Å². The smallest absolute Gasteiger partial charge is 0.252 e. The Hall–Kier alpha value is -4.30. The quantitative estimate of drug-likeness (QED) is 0.287. The third kappa shape index (κ3) is 7.33. The van der Waals surface area contributed by atoms with Crippen molar-refractivity contribution in [2.75, 3.05) is 33.9 Å². The van der Waals surface area contributed by atoms with E-state index in [4.69, 9.17) is 14.2 Å². The molecule has 1 N–H and O–H groups in total. The van der Waals surface area contributed by atoms with Crippen LogP contribution in [-0.4, -0.2) is 73.7 Å². The molecule has 8 heteroatoms. The van der Waals surface area contributed by atoms with Crippen molar-refractivity contribution in [2.45, 2.75) is 78.0 Å². The molecule has 0 radical (unpaired) electrons. The minimum atomic E-state index is -0.232. The van der Waals surface area contributed by atoms with Gasteiger partial charge in [-0.15, -0.1) is 0 Å². The Kier molecular flexibility index (Phi) is 9.60. The van der Waals surface area contributed by atoms with Crippen molar-refractivity contribution < 1.29 is 23.8 Å². The summed E-state index contributed by atoms with van der Waals surface area (Å²) in [6.07, 6.45) is 3.43. The number of ether oxygens (including phenoxy) is 3. The molecule has 8 nitrogen and oxygen atoms in total. The third-order valence-corrected chi connectivity index (χ3v) is 9.81. The third-order valence-electron chi connectivity index (χ3n) is 9.81. The van der Waals surface area contributed by atoms with Gasteiger partial charge in [0.1, 0.15) is 17.2 Å². The normalized spacial score (nSPS) is 19.0. The van der Waals surface area contributed by atoms with Crippen molar-refractivity contribution >= 4 is 17.4 Å². The van der Waals surface area contributed by atoms with Gasteiger partial charge in [-0.2, -0.15) is 0 Å². The molecule has 2 heterocycles. The SMILES string of the molecule is COc1cc(CN(C(=O)C2=C(c3ccc(CCOc4cc(C)cc(C)c4C)cc3)CC3CN(C(C)=O)C[C@H]2N3)C2CC2)cc(OC)c1. The van der Waals surface area contributed by atoms with Gasteiger partial charge in [0.2, 0.25) is 5.91 Å². The maximum absolute atomic E-state index is 14.7. The van der Waals surface area contributed by atoms with Gasteiger partial charge in [0, 0.05) is 56.7 Å². The summed E-state index contributed by atoms with van der Waals surface area (Å²) < 4.78 is 17.2. The molecule has 0 spiro atoms. The molecule has 47 heavy (non-hydrogen) atoms. The number of fused-ring (bicyclic) bond motifs is 2. The fourth-order valence-corrected chi connectivity index (χ4v) is 6.99. The van der Waals surface area contributed by atoms with Crippen LogP contribution in [0.15, 0.2) is 60.2 Å². The predicted molar refractivity (Wildman–Crippen MR) is 184 cm³/mol. The number of nitrogens with zero attached hydrogens (tertiary/aromatic N) is 2. The van der Waals surface area contributed by atoms with E-state index in [1.54, 1.807) is 21.1 Å². The fourth-order valence-electron chi connectivity index (χ4n) is 6.99. The minimum absolute atomic E-state index is 0.0342. The van der Waals surface area contributed by atoms with Gasteiger partial charge in [-0.05, 0) is 97.2 Å². The van der Waals surface area contributed by atoms with Gasteiger partial charge in [-0.3, -0.25) is 9.59 Å². The van der Waals surface area contributed by atoms with Gasteiger partial charge in [0.15, 0.2) is 0 Å². The van der Waals surface area contributed by atoms with Crippen LogP contribution in [0.4, 0.5) is 0 Å². The van der Waals surface area contributed by atoms with E-state index in [9.17, 15) is 9.59 Å². The van der Waals surface area contributed by atoms with Crippen LogP contribution in [-0.2, 0) is 22.6 Å². The Morgan fingerprint density at radius 3 is 2.26 bits per heavy atom. The Labute approximate surface area is 278 Å². The van der Waals surface area contributed by atoms with Gasteiger partial charge in [-0.25, -0.2) is 0 Å². The lowest BCUT2D eigenvalue weighted by Gasteiger charge is -2.44. The number of hydrogen-bond acceptors (Lipinski definition) is 6. The molecule has 1 unspecified atom stereocenters. The zero-order valence-electron chi connectivity index (χ0n) is 28.5. The molecule has 2 aliphatic heterocycles. The Morgan fingerprint density at radius 1 is 0.915 bits per heavy atom. The van der Waals surface area contributed by atoms with E-state index in [2.05, 4.69) is 62.5 Å². The monoisotopic (exact) mass is 637 g/mol. The number of rotatable bonds is 11. The standard InChI is InChI=1S/C39H47N3O5/c1-24-15-25(2)26(3)37(16-24)47-14-13-28-7-9-30(10-8-28)35-19-31-22-41(27(4)43)23-36(40-31)38(35)39(44)42(32-11-12-32)21-29-17-33(45-5)20-34(18-29)46-6/h7-10,15-18,20,31-32,36,40H,11-14,19,21-23H2,1-6H3/t31?,36-/m1/s1. The molecule has 3 aromatic carbocycles. The highest BCUT2D eigenvalue weighted by Gasteiger charge is 2.43. The molecule has 3 aliphatic rings. The average Bonchev–Trinajstić information content (AvgIpc) is 3.91. The second kappa shape index (κ2) is 13.8. The average molecular weight is 638 g/mol. The van der Waals surface area contributed by atoms with Gasteiger partial charge in [-0.1, -0.05) is 30.3 Å². The summed E-state index contributed by atoms with van der Waals surface area (Å²) in [7, 11) is 3.27. The van der Waals surface area contributed by atoms with Crippen LogP contribution in [0.2, 0.25) is 0 Å². The van der Waals surface area contributed by atoms with E-state index in [0.717, 1.165) is 47.3 Å². The summed E-state index contributed by atoms with van der Waals surface area (Å²) in [5.74, 6) is 2.42. The zero-order valence-corrected chi connectivity index (χ0v) is 28.5. The summed E-state index contributed by atoms with van der Waals surface area (Å²) in [4.78, 5) is 31.1. The first-order valence-electron chi connectivity index (χ1n) is 16.7. The molecule has 248 valence electrons. The number of nitrogens with one attached hydrogen (secondary N) is 1. The summed E-state index contributed by atoms with van der Waals surface area (Å²) in [5.41, 5.74) is 8.69. The Balaban J connectivity index is 1.28. The van der Waals surface area contributed by atoms with E-state index in [1.807, 2.05) is 28.0 Å². The Bertz CT molecular complexity index is 1650. The summed E-state index contributed by atoms with van der Waals surface area (Å²) in [6.45, 7) is 10.1. The number of hydrogen-bond donors (Lipinski definition) is 1. The van der Waals surface area contributed by atoms with Crippen LogP contribution in [0, 0.1) is 20.8 Å². The molecule has 3 aromatic rings. The molecule has 1 saturated heterocycles. The van der Waals surface area contributed by atoms with Crippen LogP contribution in [0.5, 0.6) is 17.2 Å². The van der Waals surface area contributed by atoms with Crippen molar-refractivity contribution in [3.63, 3.8) is 0 Å². The predicted octanol–water partition coefficient (Wildman–Crippen LogP) is 5.79. The lowest BCUT2D eigenvalue weighted by molar-refractivity contribution is -0.132. The van der Waals surface area contributed by atoms with Gasteiger partial charge >= 0.3 is 0 Å². The van der Waals surface area contributed by atoms with Crippen molar-refractivity contribution in [1.82, 2.24) is 15.1 Å². The number of carbonyl (C=O) groups excluding carboxylic acids is 2. The largest absolute Gasteiger partial charge is 0.497 e. The van der Waals surface area contributed by atoms with E-state index in [1.165, 1.54) is 22.3 Å². The number of aryl methyl sites for hydroxylation is 2. The topological polar surface area (TPSA) is 80.3 Å². The molecule has 2 amide bonds. The number of carbonyl (C=O) groups is 2. The van der Waals surface area contributed by atoms with Crippen LogP contribution in [0.3, 0.4) is 0 Å². The maximum atomic E-state index is 14.7. The highest BCUT2D eigenvalue weighted by Crippen LogP contribution is 2.38. The molecular formula is C39H47N3O5. The van der Waals surface area contributed by atoms with E-state index < -0.39 is 0 Å². The van der Waals surface area contributed by atoms with Crippen molar-refractivity contribution in [3.05, 3.63) is 93.6 Å². The second-order valence-corrected chi connectivity index (χ2v) is 13.3. The fraction of sp³-hybridized carbons (Fsp3) is 0.436. The number of benzene rings is 3.